The Kier molecular flexibility index (Phi) is 6.59. The predicted molar refractivity (Wildman–Crippen MR) is 76.9 cm³/mol. The number of hydrogen-bond acceptors (Lipinski definition) is 4. The van der Waals surface area contributed by atoms with Crippen LogP contribution in [0.25, 0.3) is 0 Å². The molecule has 0 unspecified atom stereocenters. The van der Waals surface area contributed by atoms with E-state index < -0.39 is 0 Å². The van der Waals surface area contributed by atoms with Gasteiger partial charge in [0.05, 0.1) is 17.2 Å². The van der Waals surface area contributed by atoms with E-state index in [0.29, 0.717) is 36.2 Å². The maximum Gasteiger partial charge on any atom is 0.255 e. The lowest BCUT2D eigenvalue weighted by Crippen LogP contribution is -2.30. The monoisotopic (exact) mass is 285 g/mol. The van der Waals surface area contributed by atoms with Crippen molar-refractivity contribution in [3.8, 4) is 0 Å². The summed E-state index contributed by atoms with van der Waals surface area (Å²) in [4.78, 5) is 17.9. The molecule has 0 aromatic carbocycles. The van der Waals surface area contributed by atoms with E-state index in [4.69, 9.17) is 16.3 Å². The molecule has 1 rings (SSSR count). The maximum atomic E-state index is 12.1. The van der Waals surface area contributed by atoms with E-state index in [0.717, 1.165) is 6.54 Å². The number of nitrogens with zero attached hydrogens (tertiary/aromatic N) is 2. The van der Waals surface area contributed by atoms with Gasteiger partial charge < -0.3 is 15.0 Å². The summed E-state index contributed by atoms with van der Waals surface area (Å²) in [5.41, 5.74) is 0.477. The fourth-order valence-corrected chi connectivity index (χ4v) is 1.75. The Balaban J connectivity index is 2.68. The zero-order valence-electron chi connectivity index (χ0n) is 11.6. The smallest absolute Gasteiger partial charge is 0.255 e. The quantitative estimate of drug-likeness (QED) is 0.781. The highest BCUT2D eigenvalue weighted by atomic mass is 35.5. The van der Waals surface area contributed by atoms with Gasteiger partial charge in [-0.3, -0.25) is 4.79 Å². The summed E-state index contributed by atoms with van der Waals surface area (Å²) < 4.78 is 5.22. The summed E-state index contributed by atoms with van der Waals surface area (Å²) in [5.74, 6) is 0.481. The van der Waals surface area contributed by atoms with Gasteiger partial charge in [-0.15, -0.1) is 0 Å². The third kappa shape index (κ3) is 4.69. The summed E-state index contributed by atoms with van der Waals surface area (Å²) in [6.07, 6.45) is 1.53. The lowest BCUT2D eigenvalue weighted by Gasteiger charge is -2.17. The molecule has 0 aliphatic heterocycles. The van der Waals surface area contributed by atoms with Crippen LogP contribution in [0, 0.1) is 0 Å². The Morgan fingerprint density at radius 2 is 2.26 bits per heavy atom. The largest absolute Gasteiger partial charge is 0.380 e. The van der Waals surface area contributed by atoms with Crippen LogP contribution in [-0.2, 0) is 4.74 Å². The van der Waals surface area contributed by atoms with Gasteiger partial charge in [0.25, 0.3) is 5.91 Å². The second kappa shape index (κ2) is 7.96. The number of nitrogens with one attached hydrogen (secondary N) is 1. The first-order valence-corrected chi connectivity index (χ1v) is 6.70. The number of amides is 1. The highest BCUT2D eigenvalue weighted by Crippen LogP contribution is 2.20. The van der Waals surface area contributed by atoms with E-state index in [2.05, 4.69) is 10.3 Å². The number of rotatable bonds is 7. The lowest BCUT2D eigenvalue weighted by atomic mass is 10.2. The highest BCUT2D eigenvalue weighted by molar-refractivity contribution is 6.33. The van der Waals surface area contributed by atoms with Crippen molar-refractivity contribution in [3.63, 3.8) is 0 Å². The van der Waals surface area contributed by atoms with Gasteiger partial charge in [-0.05, 0) is 19.9 Å². The van der Waals surface area contributed by atoms with Crippen molar-refractivity contribution < 1.29 is 9.53 Å². The van der Waals surface area contributed by atoms with E-state index in [1.165, 1.54) is 6.20 Å². The number of carbonyl (C=O) groups is 1. The summed E-state index contributed by atoms with van der Waals surface area (Å²) in [7, 11) is 1.73. The molecule has 0 atom stereocenters. The van der Waals surface area contributed by atoms with Crippen LogP contribution in [0.15, 0.2) is 12.3 Å². The minimum Gasteiger partial charge on any atom is -0.380 e. The number of likely N-dealkylation sites (N-methyl/N-ethyl adjacent to an activating group) is 1. The van der Waals surface area contributed by atoms with Gasteiger partial charge in [-0.25, -0.2) is 4.98 Å². The van der Waals surface area contributed by atoms with Crippen molar-refractivity contribution in [2.45, 2.75) is 13.8 Å². The average Bonchev–Trinajstić information content (AvgIpc) is 2.40. The zero-order valence-corrected chi connectivity index (χ0v) is 12.3. The molecule has 19 heavy (non-hydrogen) atoms. The number of pyridine rings is 1. The van der Waals surface area contributed by atoms with Crippen molar-refractivity contribution >= 4 is 23.3 Å². The number of ether oxygens (including phenoxy) is 1. The number of halogens is 1. The van der Waals surface area contributed by atoms with Crippen LogP contribution in [0.5, 0.6) is 0 Å². The summed E-state index contributed by atoms with van der Waals surface area (Å²) in [6.45, 7) is 6.32. The third-order valence-electron chi connectivity index (χ3n) is 2.55. The fraction of sp³-hybridized carbons (Fsp3) is 0.538. The van der Waals surface area contributed by atoms with Gasteiger partial charge in [0.2, 0.25) is 0 Å². The standard InChI is InChI=1S/C13H20ClN3O2/c1-4-15-12-11(14)8-10(9-16-12)13(18)17(3)6-7-19-5-2/h8-9H,4-7H2,1-3H3,(H,15,16). The topological polar surface area (TPSA) is 54.5 Å². The molecule has 6 heteroatoms. The lowest BCUT2D eigenvalue weighted by molar-refractivity contribution is 0.0709. The van der Waals surface area contributed by atoms with Gasteiger partial charge in [0, 0.05) is 32.9 Å². The first-order chi connectivity index (χ1) is 9.10. The molecule has 0 radical (unpaired) electrons. The van der Waals surface area contributed by atoms with Crippen molar-refractivity contribution in [2.24, 2.45) is 0 Å². The van der Waals surface area contributed by atoms with Gasteiger partial charge in [0.1, 0.15) is 5.82 Å². The Bertz CT molecular complexity index is 426. The van der Waals surface area contributed by atoms with Crippen LogP contribution in [-0.4, -0.2) is 49.1 Å². The Morgan fingerprint density at radius 3 is 2.84 bits per heavy atom. The number of hydrogen-bond donors (Lipinski definition) is 1. The van der Waals surface area contributed by atoms with Gasteiger partial charge >= 0.3 is 0 Å². The molecule has 0 saturated carbocycles. The molecule has 0 fully saturated rings. The Labute approximate surface area is 118 Å². The summed E-state index contributed by atoms with van der Waals surface area (Å²) >= 11 is 6.06. The molecule has 1 N–H and O–H groups in total. The Morgan fingerprint density at radius 1 is 1.53 bits per heavy atom. The molecule has 0 bridgehead atoms. The summed E-state index contributed by atoms with van der Waals surface area (Å²) in [6, 6.07) is 1.63. The predicted octanol–water partition coefficient (Wildman–Crippen LogP) is 2.28. The van der Waals surface area contributed by atoms with Crippen LogP contribution in [0.1, 0.15) is 24.2 Å². The van der Waals surface area contributed by atoms with Gasteiger partial charge in [-0.2, -0.15) is 0 Å². The highest BCUT2D eigenvalue weighted by Gasteiger charge is 2.13. The number of aromatic nitrogens is 1. The molecule has 1 heterocycles. The Hall–Kier alpha value is -1.33. The molecule has 0 spiro atoms. The summed E-state index contributed by atoms with van der Waals surface area (Å²) in [5, 5.41) is 3.48. The normalized spacial score (nSPS) is 10.3. The van der Waals surface area contributed by atoms with E-state index in [1.807, 2.05) is 13.8 Å². The average molecular weight is 286 g/mol. The molecule has 1 aromatic heterocycles. The molecular weight excluding hydrogens is 266 g/mol. The van der Waals surface area contributed by atoms with Crippen LogP contribution in [0.4, 0.5) is 5.82 Å². The molecule has 1 aromatic rings. The van der Waals surface area contributed by atoms with Crippen LogP contribution in [0.2, 0.25) is 5.02 Å². The molecular formula is C13H20ClN3O2. The zero-order chi connectivity index (χ0) is 14.3. The fourth-order valence-electron chi connectivity index (χ4n) is 1.52. The maximum absolute atomic E-state index is 12.1. The number of carbonyl (C=O) groups excluding carboxylic acids is 1. The van der Waals surface area contributed by atoms with Crippen LogP contribution >= 0.6 is 11.6 Å². The van der Waals surface area contributed by atoms with Crippen molar-refractivity contribution in [2.75, 3.05) is 38.7 Å². The minimum atomic E-state index is -0.114. The third-order valence-corrected chi connectivity index (χ3v) is 2.84. The van der Waals surface area contributed by atoms with Crippen LogP contribution < -0.4 is 5.32 Å². The molecule has 1 amide bonds. The molecule has 0 aliphatic carbocycles. The van der Waals surface area contributed by atoms with E-state index in [9.17, 15) is 4.79 Å². The van der Waals surface area contributed by atoms with Gasteiger partial charge in [0.15, 0.2) is 0 Å². The van der Waals surface area contributed by atoms with Crippen LogP contribution in [0.3, 0.4) is 0 Å². The second-order valence-corrected chi connectivity index (χ2v) is 4.42. The molecule has 0 saturated heterocycles. The van der Waals surface area contributed by atoms with Crippen molar-refractivity contribution in [3.05, 3.63) is 22.8 Å². The van der Waals surface area contributed by atoms with E-state index in [-0.39, 0.29) is 5.91 Å². The first kappa shape index (κ1) is 15.7. The SMILES string of the molecule is CCNc1ncc(C(=O)N(C)CCOCC)cc1Cl. The van der Waals surface area contributed by atoms with E-state index >= 15 is 0 Å². The minimum absolute atomic E-state index is 0.114. The molecule has 106 valence electrons. The first-order valence-electron chi connectivity index (χ1n) is 6.32. The van der Waals surface area contributed by atoms with Gasteiger partial charge in [-0.1, -0.05) is 11.6 Å². The van der Waals surface area contributed by atoms with Crippen molar-refractivity contribution in [1.82, 2.24) is 9.88 Å². The molecule has 5 nitrogen and oxygen atoms in total. The second-order valence-electron chi connectivity index (χ2n) is 4.01. The van der Waals surface area contributed by atoms with E-state index in [1.54, 1.807) is 18.0 Å². The number of anilines is 1. The molecule has 0 aliphatic rings. The van der Waals surface area contributed by atoms with Crippen molar-refractivity contribution in [1.29, 1.82) is 0 Å².